The Morgan fingerprint density at radius 2 is 2.00 bits per heavy atom. The molecular formula is C12H15BrO. The lowest BCUT2D eigenvalue weighted by Gasteiger charge is -2.33. The molecule has 1 nitrogen and oxygen atoms in total. The molecule has 2 atom stereocenters. The molecule has 1 aliphatic rings. The molecule has 0 amide bonds. The number of halogens is 1. The van der Waals surface area contributed by atoms with Gasteiger partial charge in [0.25, 0.3) is 0 Å². The van der Waals surface area contributed by atoms with Crippen LogP contribution in [0.1, 0.15) is 19.8 Å². The molecule has 0 spiro atoms. The number of ether oxygens (including phenoxy) is 1. The highest BCUT2D eigenvalue weighted by Crippen LogP contribution is 2.33. The minimum Gasteiger partial charge on any atom is -0.493 e. The van der Waals surface area contributed by atoms with Gasteiger partial charge in [0.2, 0.25) is 0 Å². The van der Waals surface area contributed by atoms with Crippen molar-refractivity contribution in [1.29, 1.82) is 0 Å². The summed E-state index contributed by atoms with van der Waals surface area (Å²) < 4.78 is 6.81. The van der Waals surface area contributed by atoms with Gasteiger partial charge in [-0.3, -0.25) is 0 Å². The molecule has 1 aromatic rings. The zero-order valence-corrected chi connectivity index (χ0v) is 9.96. The first-order valence-electron chi connectivity index (χ1n) is 5.14. The van der Waals surface area contributed by atoms with Crippen molar-refractivity contribution in [3.63, 3.8) is 0 Å². The maximum absolute atomic E-state index is 5.71. The van der Waals surface area contributed by atoms with Gasteiger partial charge >= 0.3 is 0 Å². The monoisotopic (exact) mass is 254 g/mol. The van der Waals surface area contributed by atoms with E-state index in [0.717, 1.165) is 28.7 Å². The summed E-state index contributed by atoms with van der Waals surface area (Å²) >= 11 is 3.40. The van der Waals surface area contributed by atoms with Crippen LogP contribution in [-0.4, -0.2) is 6.61 Å². The number of rotatable bonds is 3. The van der Waals surface area contributed by atoms with Gasteiger partial charge < -0.3 is 4.74 Å². The van der Waals surface area contributed by atoms with Gasteiger partial charge in [0, 0.05) is 4.47 Å². The van der Waals surface area contributed by atoms with Crippen LogP contribution in [0.15, 0.2) is 28.7 Å². The van der Waals surface area contributed by atoms with Gasteiger partial charge in [-0.25, -0.2) is 0 Å². The Labute approximate surface area is 93.6 Å². The molecule has 0 N–H and O–H groups in total. The fourth-order valence-corrected chi connectivity index (χ4v) is 1.98. The van der Waals surface area contributed by atoms with Gasteiger partial charge in [0.15, 0.2) is 0 Å². The van der Waals surface area contributed by atoms with Crippen LogP contribution in [0.2, 0.25) is 0 Å². The lowest BCUT2D eigenvalue weighted by Crippen LogP contribution is -2.28. The second-order valence-corrected chi connectivity index (χ2v) is 5.00. The fourth-order valence-electron chi connectivity index (χ4n) is 1.72. The van der Waals surface area contributed by atoms with E-state index in [1.165, 1.54) is 12.8 Å². The first kappa shape index (κ1) is 10.0. The Morgan fingerprint density at radius 3 is 2.50 bits per heavy atom. The Bertz CT molecular complexity index is 294. The molecule has 0 aliphatic heterocycles. The Hall–Kier alpha value is -0.500. The van der Waals surface area contributed by atoms with Gasteiger partial charge in [0.05, 0.1) is 6.61 Å². The van der Waals surface area contributed by atoms with Crippen molar-refractivity contribution in [2.75, 3.05) is 6.61 Å². The molecule has 2 rings (SSSR count). The van der Waals surface area contributed by atoms with E-state index < -0.39 is 0 Å². The lowest BCUT2D eigenvalue weighted by atomic mass is 9.75. The van der Waals surface area contributed by atoms with Crippen molar-refractivity contribution >= 4 is 15.9 Å². The summed E-state index contributed by atoms with van der Waals surface area (Å²) in [6, 6.07) is 8.04. The van der Waals surface area contributed by atoms with E-state index in [-0.39, 0.29) is 0 Å². The summed E-state index contributed by atoms with van der Waals surface area (Å²) in [6.07, 6.45) is 2.70. The molecule has 0 heterocycles. The minimum absolute atomic E-state index is 0.777. The first-order chi connectivity index (χ1) is 6.75. The van der Waals surface area contributed by atoms with Crippen LogP contribution in [0.25, 0.3) is 0 Å². The van der Waals surface area contributed by atoms with Crippen LogP contribution in [0.3, 0.4) is 0 Å². The second-order valence-electron chi connectivity index (χ2n) is 4.08. The minimum atomic E-state index is 0.777. The van der Waals surface area contributed by atoms with Crippen LogP contribution in [-0.2, 0) is 0 Å². The van der Waals surface area contributed by atoms with E-state index in [9.17, 15) is 0 Å². The van der Waals surface area contributed by atoms with Crippen molar-refractivity contribution < 1.29 is 4.74 Å². The Balaban J connectivity index is 1.83. The van der Waals surface area contributed by atoms with Crippen molar-refractivity contribution in [2.45, 2.75) is 19.8 Å². The number of hydrogen-bond acceptors (Lipinski definition) is 1. The van der Waals surface area contributed by atoms with E-state index in [0.29, 0.717) is 0 Å². The van der Waals surface area contributed by atoms with E-state index in [4.69, 9.17) is 4.74 Å². The molecule has 1 fully saturated rings. The third-order valence-electron chi connectivity index (χ3n) is 3.08. The third kappa shape index (κ3) is 2.30. The zero-order valence-electron chi connectivity index (χ0n) is 8.37. The van der Waals surface area contributed by atoms with E-state index in [2.05, 4.69) is 22.9 Å². The first-order valence-corrected chi connectivity index (χ1v) is 5.93. The summed E-state index contributed by atoms with van der Waals surface area (Å²) in [6.45, 7) is 3.18. The average Bonchev–Trinajstić information content (AvgIpc) is 2.19. The summed E-state index contributed by atoms with van der Waals surface area (Å²) in [5, 5.41) is 0. The van der Waals surface area contributed by atoms with E-state index in [1.807, 2.05) is 24.3 Å². The molecule has 0 aromatic heterocycles. The molecule has 76 valence electrons. The maximum atomic E-state index is 5.71. The second kappa shape index (κ2) is 4.35. The van der Waals surface area contributed by atoms with Gasteiger partial charge in [-0.1, -0.05) is 22.9 Å². The zero-order chi connectivity index (χ0) is 9.97. The van der Waals surface area contributed by atoms with Crippen LogP contribution in [0.5, 0.6) is 5.75 Å². The quantitative estimate of drug-likeness (QED) is 0.796. The SMILES string of the molecule is C[C@H]1CC[C@@H]1COc1ccc(Br)cc1. The predicted octanol–water partition coefficient (Wildman–Crippen LogP) is 3.87. The molecule has 0 bridgehead atoms. The summed E-state index contributed by atoms with van der Waals surface area (Å²) in [4.78, 5) is 0. The summed E-state index contributed by atoms with van der Waals surface area (Å²) in [5.41, 5.74) is 0. The Morgan fingerprint density at radius 1 is 1.29 bits per heavy atom. The van der Waals surface area contributed by atoms with Crippen LogP contribution >= 0.6 is 15.9 Å². The maximum Gasteiger partial charge on any atom is 0.119 e. The summed E-state index contributed by atoms with van der Waals surface area (Å²) in [7, 11) is 0. The normalized spacial score (nSPS) is 25.6. The molecule has 0 saturated heterocycles. The molecule has 0 unspecified atom stereocenters. The topological polar surface area (TPSA) is 9.23 Å². The smallest absolute Gasteiger partial charge is 0.119 e. The fraction of sp³-hybridized carbons (Fsp3) is 0.500. The molecule has 14 heavy (non-hydrogen) atoms. The van der Waals surface area contributed by atoms with Gasteiger partial charge in [-0.2, -0.15) is 0 Å². The third-order valence-corrected chi connectivity index (χ3v) is 3.60. The van der Waals surface area contributed by atoms with Crippen LogP contribution in [0.4, 0.5) is 0 Å². The highest BCUT2D eigenvalue weighted by atomic mass is 79.9. The van der Waals surface area contributed by atoms with Crippen molar-refractivity contribution in [1.82, 2.24) is 0 Å². The highest BCUT2D eigenvalue weighted by molar-refractivity contribution is 9.10. The molecule has 1 saturated carbocycles. The van der Waals surface area contributed by atoms with Gasteiger partial charge in [-0.05, 0) is 48.9 Å². The van der Waals surface area contributed by atoms with Gasteiger partial charge in [-0.15, -0.1) is 0 Å². The Kier molecular flexibility index (Phi) is 3.12. The predicted molar refractivity (Wildman–Crippen MR) is 61.5 cm³/mol. The van der Waals surface area contributed by atoms with Gasteiger partial charge in [0.1, 0.15) is 5.75 Å². The highest BCUT2D eigenvalue weighted by Gasteiger charge is 2.26. The lowest BCUT2D eigenvalue weighted by molar-refractivity contribution is 0.116. The largest absolute Gasteiger partial charge is 0.493 e. The van der Waals surface area contributed by atoms with Crippen LogP contribution in [0, 0.1) is 11.8 Å². The molecule has 0 radical (unpaired) electrons. The average molecular weight is 255 g/mol. The molecule has 1 aromatic carbocycles. The van der Waals surface area contributed by atoms with Crippen molar-refractivity contribution in [2.24, 2.45) is 11.8 Å². The molecule has 2 heteroatoms. The van der Waals surface area contributed by atoms with Crippen molar-refractivity contribution in [3.05, 3.63) is 28.7 Å². The summed E-state index contributed by atoms with van der Waals surface area (Å²) in [5.74, 6) is 2.61. The standard InChI is InChI=1S/C12H15BrO/c1-9-2-3-10(9)8-14-12-6-4-11(13)5-7-12/h4-7,9-10H,2-3,8H2,1H3/t9-,10+/m0/s1. The molecular weight excluding hydrogens is 240 g/mol. The van der Waals surface area contributed by atoms with E-state index in [1.54, 1.807) is 0 Å². The van der Waals surface area contributed by atoms with Crippen molar-refractivity contribution in [3.8, 4) is 5.75 Å². The number of hydrogen-bond donors (Lipinski definition) is 0. The molecule has 1 aliphatic carbocycles. The number of benzene rings is 1. The van der Waals surface area contributed by atoms with E-state index >= 15 is 0 Å². The van der Waals surface area contributed by atoms with Crippen LogP contribution < -0.4 is 4.74 Å².